The van der Waals surface area contributed by atoms with E-state index in [2.05, 4.69) is 20.5 Å². The van der Waals surface area contributed by atoms with Gasteiger partial charge in [0.1, 0.15) is 21.3 Å². The molecular weight excluding hydrogens is 579 g/mol. The van der Waals surface area contributed by atoms with E-state index in [-0.39, 0.29) is 30.7 Å². The highest BCUT2D eigenvalue weighted by Crippen LogP contribution is 2.30. The Labute approximate surface area is 243 Å². The van der Waals surface area contributed by atoms with Crippen LogP contribution in [0.15, 0.2) is 36.5 Å². The number of ether oxygens (including phenoxy) is 2. The molecule has 226 valence electrons. The van der Waals surface area contributed by atoms with Crippen LogP contribution < -0.4 is 5.32 Å². The third-order valence-corrected chi connectivity index (χ3v) is 6.69. The maximum atomic E-state index is 12.9. The number of hydrogen-bond acceptors (Lipinski definition) is 10. The molecule has 0 saturated carbocycles. The van der Waals surface area contributed by atoms with Crippen molar-refractivity contribution in [3.8, 4) is 10.6 Å². The zero-order chi connectivity index (χ0) is 31.1. The summed E-state index contributed by atoms with van der Waals surface area (Å²) in [4.78, 5) is 38.8. The largest absolute Gasteiger partial charge is 0.466 e. The highest BCUT2D eigenvalue weighted by atomic mass is 32.1. The van der Waals surface area contributed by atoms with Crippen LogP contribution in [0.3, 0.4) is 0 Å². The fourth-order valence-corrected chi connectivity index (χ4v) is 4.72. The van der Waals surface area contributed by atoms with Crippen molar-refractivity contribution in [2.45, 2.75) is 71.2 Å². The molecule has 3 aromatic rings. The first-order valence-electron chi connectivity index (χ1n) is 12.9. The summed E-state index contributed by atoms with van der Waals surface area (Å²) in [6.45, 7) is 6.91. The molecule has 0 fully saturated rings. The van der Waals surface area contributed by atoms with Gasteiger partial charge in [-0.25, -0.2) is 4.79 Å². The van der Waals surface area contributed by atoms with E-state index in [0.29, 0.717) is 34.0 Å². The second-order valence-electron chi connectivity index (χ2n) is 10.2. The number of amides is 1. The zero-order valence-corrected chi connectivity index (χ0v) is 24.2. The second kappa shape index (κ2) is 13.7. The van der Waals surface area contributed by atoms with Gasteiger partial charge >= 0.3 is 18.2 Å². The molecule has 15 heteroatoms. The minimum Gasteiger partial charge on any atom is -0.466 e. The summed E-state index contributed by atoms with van der Waals surface area (Å²) in [5.74, 6) is -0.595. The number of nitrogens with zero attached hydrogens (tertiary/aromatic N) is 4. The Bertz CT molecular complexity index is 1410. The zero-order valence-electron chi connectivity index (χ0n) is 23.4. The summed E-state index contributed by atoms with van der Waals surface area (Å²) in [5, 5.41) is 23.6. The van der Waals surface area contributed by atoms with Crippen LogP contribution in [-0.2, 0) is 39.7 Å². The Morgan fingerprint density at radius 1 is 1.14 bits per heavy atom. The first kappa shape index (κ1) is 32.4. The molecule has 0 spiro atoms. The van der Waals surface area contributed by atoms with E-state index >= 15 is 0 Å². The van der Waals surface area contributed by atoms with Gasteiger partial charge in [0.2, 0.25) is 0 Å². The Hall–Kier alpha value is -4.14. The number of rotatable bonds is 11. The van der Waals surface area contributed by atoms with Gasteiger partial charge in [0.15, 0.2) is 0 Å². The minimum atomic E-state index is -4.56. The molecule has 2 heterocycles. The Kier molecular flexibility index (Phi) is 10.5. The monoisotopic (exact) mass is 609 g/mol. The second-order valence-corrected chi connectivity index (χ2v) is 11.3. The van der Waals surface area contributed by atoms with Crippen LogP contribution in [0.4, 0.5) is 23.7 Å². The van der Waals surface area contributed by atoms with Gasteiger partial charge in [-0.1, -0.05) is 17.4 Å². The smallest absolute Gasteiger partial charge is 0.433 e. The number of alkyl carbamates (subject to hydrolysis) is 1. The van der Waals surface area contributed by atoms with Gasteiger partial charge in [-0.3, -0.25) is 19.9 Å². The number of halogens is 3. The predicted molar refractivity (Wildman–Crippen MR) is 147 cm³/mol. The molecule has 1 N–H and O–H groups in total. The van der Waals surface area contributed by atoms with E-state index in [1.165, 1.54) is 35.6 Å². The van der Waals surface area contributed by atoms with Crippen molar-refractivity contribution >= 4 is 29.1 Å². The fourth-order valence-electron chi connectivity index (χ4n) is 3.87. The summed E-state index contributed by atoms with van der Waals surface area (Å²) in [7, 11) is 0. The third-order valence-electron chi connectivity index (χ3n) is 5.65. The topological polar surface area (TPSA) is 146 Å². The normalized spacial score (nSPS) is 12.5. The number of aryl methyl sites for hydroxylation is 1. The Morgan fingerprint density at radius 2 is 1.88 bits per heavy atom. The van der Waals surface area contributed by atoms with Crippen LogP contribution in [-0.4, -0.2) is 50.4 Å². The van der Waals surface area contributed by atoms with Gasteiger partial charge in [0.25, 0.3) is 5.69 Å². The van der Waals surface area contributed by atoms with Gasteiger partial charge < -0.3 is 14.8 Å². The summed E-state index contributed by atoms with van der Waals surface area (Å²) in [5.41, 5.74) is -0.786. The van der Waals surface area contributed by atoms with Crippen molar-refractivity contribution in [3.05, 3.63) is 68.5 Å². The summed E-state index contributed by atoms with van der Waals surface area (Å²) < 4.78 is 49.0. The molecule has 0 aliphatic heterocycles. The first-order chi connectivity index (χ1) is 19.6. The maximum absolute atomic E-state index is 12.9. The van der Waals surface area contributed by atoms with E-state index in [9.17, 15) is 32.9 Å². The van der Waals surface area contributed by atoms with Crippen LogP contribution in [0.2, 0.25) is 0 Å². The lowest BCUT2D eigenvalue weighted by Crippen LogP contribution is -2.40. The average Bonchev–Trinajstić information content (AvgIpc) is 3.35. The third kappa shape index (κ3) is 9.75. The molecule has 1 atom stereocenters. The lowest BCUT2D eigenvalue weighted by molar-refractivity contribution is -0.385. The van der Waals surface area contributed by atoms with Gasteiger partial charge in [0, 0.05) is 35.9 Å². The molecule has 3 rings (SSSR count). The number of carbonyl (C=O) groups excluding carboxylic acids is 2. The van der Waals surface area contributed by atoms with Crippen LogP contribution in [0.25, 0.3) is 10.6 Å². The fraction of sp³-hybridized carbons (Fsp3) is 0.444. The van der Waals surface area contributed by atoms with E-state index in [0.717, 1.165) is 12.3 Å². The number of alkyl halides is 3. The van der Waals surface area contributed by atoms with Gasteiger partial charge in [0.05, 0.1) is 18.0 Å². The highest BCUT2D eigenvalue weighted by Gasteiger charge is 2.32. The molecule has 1 aromatic carbocycles. The number of pyridine rings is 1. The molecule has 2 aromatic heterocycles. The first-order valence-corrected chi connectivity index (χ1v) is 13.7. The number of nitro groups is 1. The minimum absolute atomic E-state index is 0.144. The average molecular weight is 610 g/mol. The SMILES string of the molecule is CCOC(=O)Cc1cc(-c2nnc(CCC(Cc3ccc(C(F)(F)F)nc3)NC(=O)OC(C)(C)C)s2)ccc1[N+](=O)[O-]. The number of nitro benzene ring substituents is 1. The van der Waals surface area contributed by atoms with E-state index in [4.69, 9.17) is 9.47 Å². The number of aromatic nitrogens is 3. The Morgan fingerprint density at radius 3 is 2.48 bits per heavy atom. The molecule has 0 aliphatic carbocycles. The molecule has 1 amide bonds. The molecule has 0 aliphatic rings. The van der Waals surface area contributed by atoms with Crippen LogP contribution in [0.1, 0.15) is 55.9 Å². The quantitative estimate of drug-likeness (QED) is 0.164. The lowest BCUT2D eigenvalue weighted by Gasteiger charge is -2.23. The van der Waals surface area contributed by atoms with Crippen molar-refractivity contribution in [2.24, 2.45) is 0 Å². The molecule has 1 unspecified atom stereocenters. The standard InChI is InChI=1S/C27H30F3N5O6S/c1-5-40-23(36)14-18-13-17(7-9-20(18)35(38)39)24-34-33-22(42-24)11-8-19(32-25(37)41-26(2,3)4)12-16-6-10-21(31-15-16)27(28,29)30/h6-7,9-10,13,15,19H,5,8,11-12,14H2,1-4H3,(H,32,37). The van der Waals surface area contributed by atoms with Gasteiger partial charge in [-0.2, -0.15) is 13.2 Å². The highest BCUT2D eigenvalue weighted by molar-refractivity contribution is 7.14. The molecule has 11 nitrogen and oxygen atoms in total. The summed E-state index contributed by atoms with van der Waals surface area (Å²) >= 11 is 1.23. The number of hydrogen-bond donors (Lipinski definition) is 1. The number of carbonyl (C=O) groups is 2. The van der Waals surface area contributed by atoms with Crippen molar-refractivity contribution in [3.63, 3.8) is 0 Å². The summed E-state index contributed by atoms with van der Waals surface area (Å²) in [6.07, 6.45) is -3.50. The summed E-state index contributed by atoms with van der Waals surface area (Å²) in [6, 6.07) is 5.98. The number of esters is 1. The number of nitrogens with one attached hydrogen (secondary N) is 1. The molecule has 0 radical (unpaired) electrons. The van der Waals surface area contributed by atoms with Crippen molar-refractivity contribution in [2.75, 3.05) is 6.61 Å². The van der Waals surface area contributed by atoms with E-state index in [1.807, 2.05) is 0 Å². The van der Waals surface area contributed by atoms with Gasteiger partial charge in [-0.15, -0.1) is 10.2 Å². The van der Waals surface area contributed by atoms with Crippen LogP contribution in [0, 0.1) is 10.1 Å². The molecule has 0 saturated heterocycles. The number of benzene rings is 1. The van der Waals surface area contributed by atoms with Crippen molar-refractivity contribution in [1.82, 2.24) is 20.5 Å². The van der Waals surface area contributed by atoms with E-state index < -0.39 is 40.5 Å². The molecular formula is C27H30F3N5O6S. The van der Waals surface area contributed by atoms with Crippen molar-refractivity contribution < 1.29 is 37.2 Å². The lowest BCUT2D eigenvalue weighted by atomic mass is 10.0. The van der Waals surface area contributed by atoms with Crippen molar-refractivity contribution in [1.29, 1.82) is 0 Å². The molecule has 0 bridgehead atoms. The molecule has 42 heavy (non-hydrogen) atoms. The predicted octanol–water partition coefficient (Wildman–Crippen LogP) is 5.70. The maximum Gasteiger partial charge on any atom is 0.433 e. The van der Waals surface area contributed by atoms with Crippen LogP contribution in [0.5, 0.6) is 0 Å². The van der Waals surface area contributed by atoms with Gasteiger partial charge in [-0.05, 0) is 64.3 Å². The Balaban J connectivity index is 1.76. The van der Waals surface area contributed by atoms with E-state index in [1.54, 1.807) is 27.7 Å². The van der Waals surface area contributed by atoms with Crippen LogP contribution >= 0.6 is 11.3 Å².